The number of fused-ring (bicyclic) bond motifs is 16. The van der Waals surface area contributed by atoms with Crippen LogP contribution in [0.5, 0.6) is 0 Å². The Morgan fingerprint density at radius 1 is 0.292 bits per heavy atom. The Bertz CT molecular complexity index is 2420. The van der Waals surface area contributed by atoms with Crippen LogP contribution in [0.4, 0.5) is 39.8 Å². The quantitative estimate of drug-likeness (QED) is 0.151. The number of hydrogen-bond donors (Lipinski definition) is 0. The van der Waals surface area contributed by atoms with Gasteiger partial charge in [0.2, 0.25) is 0 Å². The van der Waals surface area contributed by atoms with Crippen LogP contribution in [0, 0.1) is 0 Å². The molecule has 7 aromatic rings. The Kier molecular flexibility index (Phi) is 26.5. The van der Waals surface area contributed by atoms with Crippen molar-refractivity contribution in [3.63, 3.8) is 0 Å². The molecule has 3 nitrogen and oxygen atoms in total. The summed E-state index contributed by atoms with van der Waals surface area (Å²) in [5.41, 5.74) is 17.3. The van der Waals surface area contributed by atoms with Gasteiger partial charge in [-0.25, -0.2) is 0 Å². The predicted molar refractivity (Wildman–Crippen MR) is 275 cm³/mol. The first-order valence-electron chi connectivity index (χ1n) is 23.7. The van der Waals surface area contributed by atoms with E-state index in [0.717, 1.165) is 11.4 Å². The van der Waals surface area contributed by atoms with Crippen LogP contribution in [0.2, 0.25) is 0 Å². The van der Waals surface area contributed by atoms with E-state index in [1.165, 1.54) is 72.9 Å². The van der Waals surface area contributed by atoms with Crippen LogP contribution < -0.4 is 9.80 Å². The van der Waals surface area contributed by atoms with Crippen LogP contribution in [0.3, 0.4) is 0 Å². The summed E-state index contributed by atoms with van der Waals surface area (Å²) in [5.74, 6) is 0. The third-order valence-corrected chi connectivity index (χ3v) is 11.4. The second kappa shape index (κ2) is 28.6. The van der Waals surface area contributed by atoms with Crippen molar-refractivity contribution < 1.29 is 98.1 Å². The second-order valence-electron chi connectivity index (χ2n) is 13.3. The molecule has 6 heteroatoms. The smallest absolute Gasteiger partial charge is 0.0782 e. The van der Waals surface area contributed by atoms with Gasteiger partial charge in [-0.15, -0.1) is 11.4 Å². The van der Waals surface area contributed by atoms with Crippen molar-refractivity contribution in [2.45, 2.75) is 108 Å². The number of para-hydroxylation sites is 7. The Balaban J connectivity index is 0.00000114. The third-order valence-electron chi connectivity index (χ3n) is 11.4. The molecule has 4 aliphatic heterocycles. The molecule has 0 saturated heterocycles. The van der Waals surface area contributed by atoms with E-state index in [1.54, 1.807) is 0 Å². The Labute approximate surface area is 470 Å². The first-order chi connectivity index (χ1) is 30.8. The van der Waals surface area contributed by atoms with Gasteiger partial charge in [-0.3, -0.25) is 0 Å². The molecule has 4 heterocycles. The summed E-state index contributed by atoms with van der Waals surface area (Å²) in [6.45, 7) is 28.0. The molecule has 0 saturated carbocycles. The minimum Gasteiger partial charge on any atom is -0.657 e. The maximum absolute atomic E-state index is 5.25. The van der Waals surface area contributed by atoms with Gasteiger partial charge in [0.25, 0.3) is 0 Å². The standard InChI is InChI=1S/C45H30N3.7C2H6.3Y/c1-47-39-25-10-4-17-31(39)45(32-18-5-11-26-40(32)47)34-20-7-13-28-42(34)48-41-27-12-6-19-33(41)44(35-21-14-22-36(45)43(35)48)29-15-2-8-23-37(29)46-38-24-9-3-16-30(38)44;7*1-2;;;/h2-28H,1H3;7*1-2H3;;;/q-1;;;;;;;;;;. The first-order valence-corrected chi connectivity index (χ1v) is 23.7. The van der Waals surface area contributed by atoms with Crippen molar-refractivity contribution in [2.24, 2.45) is 0 Å². The van der Waals surface area contributed by atoms with Gasteiger partial charge in [0.1, 0.15) is 0 Å². The van der Waals surface area contributed by atoms with Crippen LogP contribution in [-0.4, -0.2) is 7.05 Å². The van der Waals surface area contributed by atoms with Gasteiger partial charge in [0.15, 0.2) is 0 Å². The van der Waals surface area contributed by atoms with E-state index >= 15 is 0 Å². The molecular weight excluding hydrogens is 1020 g/mol. The molecule has 11 rings (SSSR count). The fourth-order valence-corrected chi connectivity index (χ4v) is 9.68. The molecule has 0 atom stereocenters. The van der Waals surface area contributed by atoms with Crippen molar-refractivity contribution in [1.82, 2.24) is 0 Å². The van der Waals surface area contributed by atoms with Gasteiger partial charge in [-0.1, -0.05) is 236 Å². The summed E-state index contributed by atoms with van der Waals surface area (Å²) in [7, 11) is 2.21. The zero-order valence-corrected chi connectivity index (χ0v) is 50.7. The van der Waals surface area contributed by atoms with Gasteiger partial charge in [-0.05, 0) is 68.8 Å². The molecule has 3 radical (unpaired) electrons. The van der Waals surface area contributed by atoms with Crippen LogP contribution in [0.1, 0.15) is 141 Å². The zero-order chi connectivity index (χ0) is 45.6. The summed E-state index contributed by atoms with van der Waals surface area (Å²) < 4.78 is 0. The third kappa shape index (κ3) is 9.65. The number of nitrogens with zero attached hydrogens (tertiary/aromatic N) is 3. The van der Waals surface area contributed by atoms with E-state index < -0.39 is 10.8 Å². The van der Waals surface area contributed by atoms with E-state index in [2.05, 4.69) is 181 Å². The molecule has 2 spiro atoms. The van der Waals surface area contributed by atoms with E-state index in [0.29, 0.717) is 0 Å². The average molecular weight is 1090 g/mol. The maximum atomic E-state index is 5.25. The molecule has 0 N–H and O–H groups in total. The van der Waals surface area contributed by atoms with Crippen molar-refractivity contribution in [1.29, 1.82) is 0 Å². The Hall–Kier alpha value is -2.75. The minimum atomic E-state index is -0.564. The van der Waals surface area contributed by atoms with Crippen molar-refractivity contribution in [2.75, 3.05) is 16.8 Å². The fraction of sp³-hybridized carbons (Fsp3) is 0.288. The molecule has 0 bridgehead atoms. The molecule has 333 valence electrons. The number of benzene rings is 7. The van der Waals surface area contributed by atoms with Crippen LogP contribution in [0.15, 0.2) is 164 Å². The van der Waals surface area contributed by atoms with Gasteiger partial charge >= 0.3 is 0 Å². The first kappa shape index (κ1) is 60.3. The van der Waals surface area contributed by atoms with Gasteiger partial charge in [0, 0.05) is 117 Å². The molecule has 4 aliphatic rings. The fourth-order valence-electron chi connectivity index (χ4n) is 9.68. The van der Waals surface area contributed by atoms with E-state index in [-0.39, 0.29) is 98.1 Å². The maximum Gasteiger partial charge on any atom is 0.0782 e. The summed E-state index contributed by atoms with van der Waals surface area (Å²) >= 11 is 0. The molecular formula is C59H72N3Y3-. The van der Waals surface area contributed by atoms with Crippen molar-refractivity contribution in [3.05, 3.63) is 214 Å². The molecule has 0 unspecified atom stereocenters. The normalized spacial score (nSPS) is 12.5. The monoisotopic (exact) mass is 1090 g/mol. The number of hydrogen-bond acceptors (Lipinski definition) is 2. The summed E-state index contributed by atoms with van der Waals surface area (Å²) in [5, 5.41) is 5.25. The van der Waals surface area contributed by atoms with Gasteiger partial charge in [-0.2, -0.15) is 0 Å². The summed E-state index contributed by atoms with van der Waals surface area (Å²) in [6.07, 6.45) is 0. The zero-order valence-electron chi connectivity index (χ0n) is 42.2. The van der Waals surface area contributed by atoms with Crippen LogP contribution >= 0.6 is 0 Å². The SMILES string of the molecule is CC.CC.CC.CC.CC.CC.CC.CN1c2ccccc2C2(c3ccccc31)c1ccccc1N1c3ccccc3C3(c4ccccc4[N-]c4ccccc43)c3cccc2c31.[Y].[Y].[Y]. The molecule has 0 amide bonds. The van der Waals surface area contributed by atoms with Gasteiger partial charge < -0.3 is 15.1 Å². The van der Waals surface area contributed by atoms with Gasteiger partial charge in [0.05, 0.1) is 27.9 Å². The summed E-state index contributed by atoms with van der Waals surface area (Å²) in [4.78, 5) is 4.93. The Morgan fingerprint density at radius 3 is 0.892 bits per heavy atom. The molecule has 0 aliphatic carbocycles. The predicted octanol–water partition coefficient (Wildman–Crippen LogP) is 18.5. The minimum absolute atomic E-state index is 0. The van der Waals surface area contributed by atoms with Crippen molar-refractivity contribution in [3.8, 4) is 0 Å². The Morgan fingerprint density at radius 2 is 0.538 bits per heavy atom. The van der Waals surface area contributed by atoms with Crippen molar-refractivity contribution >= 4 is 39.8 Å². The van der Waals surface area contributed by atoms with Crippen LogP contribution in [-0.2, 0) is 109 Å². The molecule has 65 heavy (non-hydrogen) atoms. The van der Waals surface area contributed by atoms with E-state index in [9.17, 15) is 0 Å². The second-order valence-corrected chi connectivity index (χ2v) is 13.3. The topological polar surface area (TPSA) is 20.6 Å². The van der Waals surface area contributed by atoms with Crippen LogP contribution in [0.25, 0.3) is 5.32 Å². The summed E-state index contributed by atoms with van der Waals surface area (Å²) in [6, 6.07) is 60.8. The van der Waals surface area contributed by atoms with E-state index in [4.69, 9.17) is 5.32 Å². The number of rotatable bonds is 0. The molecule has 0 fully saturated rings. The average Bonchev–Trinajstić information content (AvgIpc) is 3.39. The van der Waals surface area contributed by atoms with E-state index in [1.807, 2.05) is 96.9 Å². The molecule has 7 aromatic carbocycles. The number of anilines is 5. The molecule has 0 aromatic heterocycles. The largest absolute Gasteiger partial charge is 0.657 e.